The molecule has 2 heterocycles. The number of H-pyrrole nitrogens is 1. The van der Waals surface area contributed by atoms with Gasteiger partial charge < -0.3 is 19.4 Å². The lowest BCUT2D eigenvalue weighted by Gasteiger charge is -2.33. The number of hydrogen-bond donors (Lipinski definition) is 1. The third kappa shape index (κ3) is 3.70. The van der Waals surface area contributed by atoms with E-state index in [0.717, 1.165) is 18.2 Å². The van der Waals surface area contributed by atoms with Crippen molar-refractivity contribution in [1.29, 1.82) is 0 Å². The Kier molecular flexibility index (Phi) is 5.25. The van der Waals surface area contributed by atoms with Crippen molar-refractivity contribution in [2.45, 2.75) is 25.9 Å². The van der Waals surface area contributed by atoms with Crippen LogP contribution in [0.5, 0.6) is 11.5 Å². The average Bonchev–Trinajstić information content (AvgIpc) is 2.75. The number of nitrogens with zero attached hydrogens (tertiary/aromatic N) is 1. The zero-order valence-corrected chi connectivity index (χ0v) is 16.6. The van der Waals surface area contributed by atoms with Crippen LogP contribution in [0.1, 0.15) is 28.8 Å². The van der Waals surface area contributed by atoms with Gasteiger partial charge in [-0.05, 0) is 38.0 Å². The Morgan fingerprint density at radius 2 is 1.83 bits per heavy atom. The molecule has 6 nitrogen and oxygen atoms in total. The van der Waals surface area contributed by atoms with E-state index in [1.807, 2.05) is 48.5 Å². The number of nitrogens with one attached hydrogen (secondary N) is 1. The molecule has 1 aliphatic rings. The largest absolute Gasteiger partial charge is 0.493 e. The summed E-state index contributed by atoms with van der Waals surface area (Å²) in [6.45, 7) is 2.81. The van der Waals surface area contributed by atoms with Crippen LogP contribution in [-0.4, -0.2) is 42.1 Å². The minimum atomic E-state index is -0.231. The lowest BCUT2D eigenvalue weighted by Crippen LogP contribution is -2.45. The number of ether oxygens (including phenoxy) is 2. The highest BCUT2D eigenvalue weighted by molar-refractivity contribution is 6.07. The van der Waals surface area contributed by atoms with Crippen LogP contribution in [0.15, 0.2) is 53.3 Å². The smallest absolute Gasteiger partial charge is 0.255 e. The molecule has 4 rings (SSSR count). The van der Waals surface area contributed by atoms with E-state index in [2.05, 4.69) is 4.98 Å². The number of rotatable bonds is 4. The molecule has 1 aliphatic heterocycles. The number of fused-ring (bicyclic) bond motifs is 1. The molecule has 150 valence electrons. The number of carbonyl (C=O) groups is 1. The first-order chi connectivity index (χ1) is 14.1. The Balaban J connectivity index is 1.61. The highest BCUT2D eigenvalue weighted by Crippen LogP contribution is 2.29. The number of carbonyl (C=O) groups excluding carboxylic acids is 1. The fraction of sp³-hybridized carbons (Fsp3) is 0.304. The van der Waals surface area contributed by atoms with Gasteiger partial charge in [-0.2, -0.15) is 0 Å². The maximum atomic E-state index is 13.4. The average molecular weight is 392 g/mol. The summed E-state index contributed by atoms with van der Waals surface area (Å²) in [5.74, 6) is 1.22. The topological polar surface area (TPSA) is 71.6 Å². The molecule has 0 bridgehead atoms. The molecule has 6 heteroatoms. The van der Waals surface area contributed by atoms with E-state index in [9.17, 15) is 9.59 Å². The van der Waals surface area contributed by atoms with Crippen molar-refractivity contribution in [2.24, 2.45) is 0 Å². The molecular weight excluding hydrogens is 368 g/mol. The van der Waals surface area contributed by atoms with Gasteiger partial charge in [-0.15, -0.1) is 0 Å². The SMILES string of the molecule is COc1ccccc1OC1CCCN(C(=O)c2c(C)c(=O)[nH]c3ccccc23)C1. The van der Waals surface area contributed by atoms with E-state index in [0.29, 0.717) is 41.2 Å². The Morgan fingerprint density at radius 3 is 2.62 bits per heavy atom. The molecular formula is C23H24N2O4. The van der Waals surface area contributed by atoms with Crippen LogP contribution >= 0.6 is 0 Å². The van der Waals surface area contributed by atoms with Crippen LogP contribution < -0.4 is 15.0 Å². The minimum Gasteiger partial charge on any atom is -0.493 e. The minimum absolute atomic E-state index is 0.127. The second kappa shape index (κ2) is 7.99. The van der Waals surface area contributed by atoms with Gasteiger partial charge in [0.25, 0.3) is 11.5 Å². The molecule has 1 saturated heterocycles. The number of aromatic nitrogens is 1. The van der Waals surface area contributed by atoms with Crippen molar-refractivity contribution in [3.63, 3.8) is 0 Å². The van der Waals surface area contributed by atoms with Gasteiger partial charge >= 0.3 is 0 Å². The molecule has 1 unspecified atom stereocenters. The summed E-state index contributed by atoms with van der Waals surface area (Å²) < 4.78 is 11.5. The van der Waals surface area contributed by atoms with Gasteiger partial charge in [-0.1, -0.05) is 30.3 Å². The van der Waals surface area contributed by atoms with Gasteiger partial charge in [0.1, 0.15) is 6.10 Å². The van der Waals surface area contributed by atoms with Crippen LogP contribution in [-0.2, 0) is 0 Å². The van der Waals surface area contributed by atoms with E-state index in [1.165, 1.54) is 0 Å². The molecule has 1 N–H and O–H groups in total. The standard InChI is InChI=1S/C23H24N2O4/c1-15-21(17-9-3-4-10-18(17)24-22(15)26)23(27)25-13-7-8-16(14-25)29-20-12-6-5-11-19(20)28-2/h3-6,9-12,16H,7-8,13-14H2,1-2H3,(H,24,26). The maximum Gasteiger partial charge on any atom is 0.255 e. The first kappa shape index (κ1) is 19.1. The number of amides is 1. The molecule has 1 aromatic heterocycles. The second-order valence-electron chi connectivity index (χ2n) is 7.28. The Bertz CT molecular complexity index is 1110. The summed E-state index contributed by atoms with van der Waals surface area (Å²) in [4.78, 5) is 30.4. The monoisotopic (exact) mass is 392 g/mol. The number of likely N-dealkylation sites (tertiary alicyclic amines) is 1. The van der Waals surface area contributed by atoms with Crippen molar-refractivity contribution >= 4 is 16.8 Å². The second-order valence-corrected chi connectivity index (χ2v) is 7.28. The first-order valence-corrected chi connectivity index (χ1v) is 9.79. The summed E-state index contributed by atoms with van der Waals surface area (Å²) in [5.41, 5.74) is 1.36. The highest BCUT2D eigenvalue weighted by Gasteiger charge is 2.28. The third-order valence-corrected chi connectivity index (χ3v) is 5.40. The molecule has 1 fully saturated rings. The summed E-state index contributed by atoms with van der Waals surface area (Å²) in [6.07, 6.45) is 1.57. The van der Waals surface area contributed by atoms with Crippen molar-refractivity contribution in [1.82, 2.24) is 9.88 Å². The predicted molar refractivity (Wildman–Crippen MR) is 112 cm³/mol. The zero-order chi connectivity index (χ0) is 20.4. The lowest BCUT2D eigenvalue weighted by atomic mass is 10.0. The predicted octanol–water partition coefficient (Wildman–Crippen LogP) is 3.53. The van der Waals surface area contributed by atoms with Gasteiger partial charge in [-0.25, -0.2) is 0 Å². The molecule has 1 amide bonds. The van der Waals surface area contributed by atoms with Crippen LogP contribution in [0.25, 0.3) is 10.9 Å². The number of hydrogen-bond acceptors (Lipinski definition) is 4. The Hall–Kier alpha value is -3.28. The molecule has 2 aromatic carbocycles. The number of piperidine rings is 1. The van der Waals surface area contributed by atoms with Crippen LogP contribution in [0, 0.1) is 6.92 Å². The van der Waals surface area contributed by atoms with Crippen molar-refractivity contribution in [3.05, 3.63) is 70.0 Å². The number of methoxy groups -OCH3 is 1. The van der Waals surface area contributed by atoms with Gasteiger partial charge in [0, 0.05) is 23.0 Å². The fourth-order valence-electron chi connectivity index (χ4n) is 3.89. The zero-order valence-electron chi connectivity index (χ0n) is 16.6. The molecule has 3 aromatic rings. The summed E-state index contributed by atoms with van der Waals surface area (Å²) >= 11 is 0. The van der Waals surface area contributed by atoms with Crippen molar-refractivity contribution < 1.29 is 14.3 Å². The van der Waals surface area contributed by atoms with Crippen LogP contribution in [0.3, 0.4) is 0 Å². The molecule has 0 aliphatic carbocycles. The van der Waals surface area contributed by atoms with Crippen LogP contribution in [0.4, 0.5) is 0 Å². The molecule has 1 atom stereocenters. The van der Waals surface area contributed by atoms with E-state index in [-0.39, 0.29) is 17.6 Å². The normalized spacial score (nSPS) is 16.6. The van der Waals surface area contributed by atoms with Crippen molar-refractivity contribution in [2.75, 3.05) is 20.2 Å². The number of para-hydroxylation sites is 3. The Labute approximate surface area is 169 Å². The van der Waals surface area contributed by atoms with Gasteiger partial charge in [0.2, 0.25) is 0 Å². The van der Waals surface area contributed by atoms with Crippen molar-refractivity contribution in [3.8, 4) is 11.5 Å². The maximum absolute atomic E-state index is 13.4. The molecule has 29 heavy (non-hydrogen) atoms. The van der Waals surface area contributed by atoms with Gasteiger partial charge in [-0.3, -0.25) is 9.59 Å². The first-order valence-electron chi connectivity index (χ1n) is 9.79. The fourth-order valence-corrected chi connectivity index (χ4v) is 3.89. The lowest BCUT2D eigenvalue weighted by molar-refractivity contribution is 0.0533. The highest BCUT2D eigenvalue weighted by atomic mass is 16.5. The number of benzene rings is 2. The van der Waals surface area contributed by atoms with E-state index >= 15 is 0 Å². The number of pyridine rings is 1. The summed E-state index contributed by atoms with van der Waals surface area (Å²) in [6, 6.07) is 14.9. The Morgan fingerprint density at radius 1 is 1.10 bits per heavy atom. The molecule has 0 saturated carbocycles. The summed E-state index contributed by atoms with van der Waals surface area (Å²) in [5, 5.41) is 0.766. The molecule has 0 spiro atoms. The van der Waals surface area contributed by atoms with Crippen LogP contribution in [0.2, 0.25) is 0 Å². The quantitative estimate of drug-likeness (QED) is 0.737. The van der Waals surface area contributed by atoms with Gasteiger partial charge in [0.15, 0.2) is 11.5 Å². The number of aromatic amines is 1. The van der Waals surface area contributed by atoms with Gasteiger partial charge in [0.05, 0.1) is 19.2 Å². The van der Waals surface area contributed by atoms with E-state index < -0.39 is 0 Å². The van der Waals surface area contributed by atoms with E-state index in [4.69, 9.17) is 9.47 Å². The molecule has 0 radical (unpaired) electrons. The van der Waals surface area contributed by atoms with E-state index in [1.54, 1.807) is 18.9 Å². The third-order valence-electron chi connectivity index (χ3n) is 5.40. The summed E-state index contributed by atoms with van der Waals surface area (Å²) in [7, 11) is 1.61.